The number of aromatic nitrogens is 2. The average molecular weight is 274 g/mol. The number of aryl methyl sites for hydroxylation is 1. The maximum Gasteiger partial charge on any atom is 0.279 e. The molecule has 0 aromatic carbocycles. The third-order valence-corrected chi connectivity index (χ3v) is 4.36. The SMILES string of the molecule is CN(C)S(=O)(=O)NCC1OCCc2cn(C)nc21. The lowest BCUT2D eigenvalue weighted by atomic mass is 10.1. The monoisotopic (exact) mass is 274 g/mol. The van der Waals surface area contributed by atoms with Crippen LogP contribution in [0.4, 0.5) is 0 Å². The Hall–Kier alpha value is -0.960. The Morgan fingerprint density at radius 3 is 3.00 bits per heavy atom. The first kappa shape index (κ1) is 13.5. The first-order valence-corrected chi connectivity index (χ1v) is 7.15. The number of nitrogens with one attached hydrogen (secondary N) is 1. The molecular formula is C10H18N4O3S. The van der Waals surface area contributed by atoms with Crippen molar-refractivity contribution < 1.29 is 13.2 Å². The summed E-state index contributed by atoms with van der Waals surface area (Å²) in [6.45, 7) is 0.789. The molecule has 1 unspecified atom stereocenters. The van der Waals surface area contributed by atoms with E-state index in [1.165, 1.54) is 14.1 Å². The van der Waals surface area contributed by atoms with Gasteiger partial charge in [-0.25, -0.2) is 0 Å². The summed E-state index contributed by atoms with van der Waals surface area (Å²) in [4.78, 5) is 0. The Bertz CT molecular complexity index is 523. The van der Waals surface area contributed by atoms with Crippen LogP contribution < -0.4 is 4.72 Å². The van der Waals surface area contributed by atoms with Gasteiger partial charge in [0, 0.05) is 33.9 Å². The van der Waals surface area contributed by atoms with Crippen molar-refractivity contribution >= 4 is 10.2 Å². The van der Waals surface area contributed by atoms with Crippen LogP contribution in [0.1, 0.15) is 17.4 Å². The highest BCUT2D eigenvalue weighted by molar-refractivity contribution is 7.87. The summed E-state index contributed by atoms with van der Waals surface area (Å²) in [6, 6.07) is 0. The van der Waals surface area contributed by atoms with Crippen molar-refractivity contribution in [2.24, 2.45) is 7.05 Å². The molecule has 2 rings (SSSR count). The lowest BCUT2D eigenvalue weighted by Crippen LogP contribution is -2.39. The van der Waals surface area contributed by atoms with Gasteiger partial charge in [-0.15, -0.1) is 0 Å². The van der Waals surface area contributed by atoms with E-state index in [1.54, 1.807) is 4.68 Å². The molecule has 0 bridgehead atoms. The van der Waals surface area contributed by atoms with Gasteiger partial charge >= 0.3 is 0 Å². The Balaban J connectivity index is 2.08. The van der Waals surface area contributed by atoms with Gasteiger partial charge in [0.1, 0.15) is 6.10 Å². The van der Waals surface area contributed by atoms with Gasteiger partial charge in [-0.2, -0.15) is 22.5 Å². The first-order valence-electron chi connectivity index (χ1n) is 5.71. The van der Waals surface area contributed by atoms with Crippen LogP contribution in [0, 0.1) is 0 Å². The molecule has 18 heavy (non-hydrogen) atoms. The van der Waals surface area contributed by atoms with E-state index in [4.69, 9.17) is 4.74 Å². The number of hydrogen-bond acceptors (Lipinski definition) is 4. The van der Waals surface area contributed by atoms with Crippen LogP contribution in [-0.4, -0.2) is 49.8 Å². The molecule has 0 saturated carbocycles. The molecule has 0 aliphatic carbocycles. The van der Waals surface area contributed by atoms with Crippen LogP contribution in [0.15, 0.2) is 6.20 Å². The molecule has 102 valence electrons. The number of fused-ring (bicyclic) bond motifs is 1. The van der Waals surface area contributed by atoms with Crippen LogP contribution in [0.2, 0.25) is 0 Å². The number of rotatable bonds is 4. The minimum atomic E-state index is -3.42. The lowest BCUT2D eigenvalue weighted by Gasteiger charge is -2.23. The van der Waals surface area contributed by atoms with Crippen molar-refractivity contribution in [1.29, 1.82) is 0 Å². The number of nitrogens with zero attached hydrogens (tertiary/aromatic N) is 3. The van der Waals surface area contributed by atoms with E-state index in [-0.39, 0.29) is 12.6 Å². The van der Waals surface area contributed by atoms with Gasteiger partial charge in [0.25, 0.3) is 10.2 Å². The van der Waals surface area contributed by atoms with Crippen molar-refractivity contribution in [1.82, 2.24) is 18.8 Å². The van der Waals surface area contributed by atoms with Crippen LogP contribution in [0.25, 0.3) is 0 Å². The fourth-order valence-electron chi connectivity index (χ4n) is 1.87. The third kappa shape index (κ3) is 2.72. The van der Waals surface area contributed by atoms with E-state index in [9.17, 15) is 8.42 Å². The normalized spacial score (nSPS) is 20.1. The second-order valence-electron chi connectivity index (χ2n) is 4.46. The summed E-state index contributed by atoms with van der Waals surface area (Å²) in [5.74, 6) is 0. The quantitative estimate of drug-likeness (QED) is 0.798. The summed E-state index contributed by atoms with van der Waals surface area (Å²) in [6.07, 6.45) is 2.45. The minimum absolute atomic E-state index is 0.199. The van der Waals surface area contributed by atoms with E-state index >= 15 is 0 Å². The zero-order valence-electron chi connectivity index (χ0n) is 10.8. The standard InChI is InChI=1S/C10H18N4O3S/c1-13(2)18(15,16)11-6-9-10-8(4-5-17-9)7-14(3)12-10/h7,9,11H,4-6H2,1-3H3. The number of ether oxygens (including phenoxy) is 1. The summed E-state index contributed by atoms with van der Waals surface area (Å²) < 4.78 is 34.2. The molecule has 0 spiro atoms. The van der Waals surface area contributed by atoms with Crippen LogP contribution in [-0.2, 0) is 28.4 Å². The highest BCUT2D eigenvalue weighted by Crippen LogP contribution is 2.24. The zero-order valence-corrected chi connectivity index (χ0v) is 11.6. The van der Waals surface area contributed by atoms with Crippen molar-refractivity contribution in [3.8, 4) is 0 Å². The molecule has 1 aliphatic rings. The highest BCUT2D eigenvalue weighted by atomic mass is 32.2. The van der Waals surface area contributed by atoms with Crippen molar-refractivity contribution in [2.75, 3.05) is 27.2 Å². The molecule has 7 nitrogen and oxygen atoms in total. The van der Waals surface area contributed by atoms with E-state index in [0.717, 1.165) is 22.0 Å². The molecule has 0 radical (unpaired) electrons. The molecule has 8 heteroatoms. The molecule has 1 aliphatic heterocycles. The maximum absolute atomic E-state index is 11.6. The van der Waals surface area contributed by atoms with Crippen molar-refractivity contribution in [3.63, 3.8) is 0 Å². The van der Waals surface area contributed by atoms with Gasteiger partial charge in [-0.1, -0.05) is 0 Å². The van der Waals surface area contributed by atoms with Gasteiger partial charge in [0.15, 0.2) is 0 Å². The third-order valence-electron chi connectivity index (χ3n) is 2.86. The Morgan fingerprint density at radius 1 is 1.61 bits per heavy atom. The summed E-state index contributed by atoms with van der Waals surface area (Å²) in [5, 5.41) is 4.32. The summed E-state index contributed by atoms with van der Waals surface area (Å²) in [7, 11) is 1.39. The fraction of sp³-hybridized carbons (Fsp3) is 0.700. The van der Waals surface area contributed by atoms with Crippen LogP contribution in [0.5, 0.6) is 0 Å². The fourth-order valence-corrected chi connectivity index (χ4v) is 2.49. The van der Waals surface area contributed by atoms with Gasteiger partial charge in [-0.3, -0.25) is 4.68 Å². The van der Waals surface area contributed by atoms with Crippen LogP contribution >= 0.6 is 0 Å². The van der Waals surface area contributed by atoms with Gasteiger partial charge in [0.2, 0.25) is 0 Å². The van der Waals surface area contributed by atoms with Crippen LogP contribution in [0.3, 0.4) is 0 Å². The lowest BCUT2D eigenvalue weighted by molar-refractivity contribution is 0.0428. The average Bonchev–Trinajstić information content (AvgIpc) is 2.66. The number of hydrogen-bond donors (Lipinski definition) is 1. The molecule has 0 amide bonds. The maximum atomic E-state index is 11.6. The van der Waals surface area contributed by atoms with E-state index in [0.29, 0.717) is 6.61 Å². The molecule has 1 aromatic heterocycles. The zero-order chi connectivity index (χ0) is 13.3. The second-order valence-corrected chi connectivity index (χ2v) is 6.43. The minimum Gasteiger partial charge on any atom is -0.370 e. The predicted molar refractivity (Wildman–Crippen MR) is 66.2 cm³/mol. The largest absolute Gasteiger partial charge is 0.370 e. The molecule has 2 heterocycles. The molecule has 0 fully saturated rings. The summed E-state index contributed by atoms with van der Waals surface area (Å²) in [5.41, 5.74) is 1.95. The van der Waals surface area contributed by atoms with Crippen molar-refractivity contribution in [3.05, 3.63) is 17.5 Å². The molecule has 1 aromatic rings. The Morgan fingerprint density at radius 2 is 2.33 bits per heavy atom. The van der Waals surface area contributed by atoms with Gasteiger partial charge < -0.3 is 4.74 Å². The van der Waals surface area contributed by atoms with Crippen molar-refractivity contribution in [2.45, 2.75) is 12.5 Å². The topological polar surface area (TPSA) is 76.5 Å². The predicted octanol–water partition coefficient (Wildman–Crippen LogP) is -0.570. The molecule has 1 N–H and O–H groups in total. The first-order chi connectivity index (χ1) is 8.40. The highest BCUT2D eigenvalue weighted by Gasteiger charge is 2.26. The second kappa shape index (κ2) is 4.96. The molecule has 1 atom stereocenters. The van der Waals surface area contributed by atoms with Gasteiger partial charge in [-0.05, 0) is 12.0 Å². The van der Waals surface area contributed by atoms with E-state index < -0.39 is 10.2 Å². The smallest absolute Gasteiger partial charge is 0.279 e. The Labute approximate surface area is 107 Å². The molecular weight excluding hydrogens is 256 g/mol. The Kier molecular flexibility index (Phi) is 3.71. The molecule has 0 saturated heterocycles. The van der Waals surface area contributed by atoms with E-state index in [2.05, 4.69) is 9.82 Å². The summed E-state index contributed by atoms with van der Waals surface area (Å²) >= 11 is 0. The van der Waals surface area contributed by atoms with E-state index in [1.807, 2.05) is 13.2 Å². The van der Waals surface area contributed by atoms with Gasteiger partial charge in [0.05, 0.1) is 12.3 Å².